The van der Waals surface area contributed by atoms with Crippen LogP contribution in [0.5, 0.6) is 11.5 Å². The molecule has 2 aromatic rings. The second-order valence-electron chi connectivity index (χ2n) is 9.80. The standard InChI is InChI=1S/C30H30ClFN2O5/c1-3-34-21-10-6-12-23(35)28(21)27(29-22(34)11-7-13-24(29)36)17-14-18(31)30(25(15-17)38-2)39-16-26(37)33-20-9-5-4-8-19(20)32/h4-5,8-9,14-15,27H,3,6-7,10-13,16H2,1-2H3,(H,33,37). The van der Waals surface area contributed by atoms with Gasteiger partial charge in [-0.15, -0.1) is 0 Å². The highest BCUT2D eigenvalue weighted by Crippen LogP contribution is 2.51. The van der Waals surface area contributed by atoms with Crippen LogP contribution in [0.4, 0.5) is 10.1 Å². The van der Waals surface area contributed by atoms with Crippen LogP contribution in [0, 0.1) is 5.82 Å². The molecule has 204 valence electrons. The number of carbonyl (C=O) groups is 3. The van der Waals surface area contributed by atoms with E-state index in [1.165, 1.54) is 25.3 Å². The second kappa shape index (κ2) is 11.2. The highest BCUT2D eigenvalue weighted by molar-refractivity contribution is 6.32. The van der Waals surface area contributed by atoms with Crippen molar-refractivity contribution in [2.24, 2.45) is 0 Å². The van der Waals surface area contributed by atoms with E-state index >= 15 is 0 Å². The molecule has 5 rings (SSSR count). The molecule has 1 N–H and O–H groups in total. The topological polar surface area (TPSA) is 84.9 Å². The van der Waals surface area contributed by atoms with Gasteiger partial charge in [0, 0.05) is 47.8 Å². The molecule has 1 heterocycles. The number of hydrogen-bond donors (Lipinski definition) is 1. The summed E-state index contributed by atoms with van der Waals surface area (Å²) in [7, 11) is 1.45. The van der Waals surface area contributed by atoms with Crippen molar-refractivity contribution in [3.63, 3.8) is 0 Å². The summed E-state index contributed by atoms with van der Waals surface area (Å²) in [5.41, 5.74) is 4.02. The number of allylic oxidation sites excluding steroid dienone is 4. The molecular weight excluding hydrogens is 523 g/mol. The average molecular weight is 553 g/mol. The van der Waals surface area contributed by atoms with Gasteiger partial charge in [0.25, 0.3) is 5.91 Å². The fourth-order valence-electron chi connectivity index (χ4n) is 5.86. The maximum absolute atomic E-state index is 13.9. The van der Waals surface area contributed by atoms with Crippen LogP contribution >= 0.6 is 11.6 Å². The van der Waals surface area contributed by atoms with Crippen LogP contribution in [0.1, 0.15) is 56.9 Å². The summed E-state index contributed by atoms with van der Waals surface area (Å²) in [5, 5.41) is 2.65. The number of anilines is 1. The van der Waals surface area contributed by atoms with E-state index < -0.39 is 24.2 Å². The number of nitrogens with zero attached hydrogens (tertiary/aromatic N) is 1. The third-order valence-electron chi connectivity index (χ3n) is 7.48. The van der Waals surface area contributed by atoms with Gasteiger partial charge in [-0.3, -0.25) is 14.4 Å². The molecule has 1 amide bonds. The Morgan fingerprint density at radius 3 is 2.28 bits per heavy atom. The van der Waals surface area contributed by atoms with Crippen molar-refractivity contribution >= 4 is 34.8 Å². The first kappa shape index (κ1) is 26.9. The zero-order chi connectivity index (χ0) is 27.7. The molecule has 1 aliphatic heterocycles. The van der Waals surface area contributed by atoms with Gasteiger partial charge >= 0.3 is 0 Å². The molecule has 0 unspecified atom stereocenters. The van der Waals surface area contributed by atoms with E-state index in [2.05, 4.69) is 10.2 Å². The summed E-state index contributed by atoms with van der Waals surface area (Å²) in [6, 6.07) is 9.24. The number of para-hydroxylation sites is 1. The Hall–Kier alpha value is -3.65. The molecule has 0 bridgehead atoms. The number of rotatable bonds is 7. The maximum atomic E-state index is 13.9. The molecule has 7 nitrogen and oxygen atoms in total. The lowest BCUT2D eigenvalue weighted by Gasteiger charge is -2.43. The zero-order valence-electron chi connectivity index (χ0n) is 21.9. The molecule has 9 heteroatoms. The quantitative estimate of drug-likeness (QED) is 0.458. The third kappa shape index (κ3) is 5.05. The lowest BCUT2D eigenvalue weighted by molar-refractivity contribution is -0.118. The van der Waals surface area contributed by atoms with Crippen LogP contribution in [-0.2, 0) is 14.4 Å². The normalized spacial score (nSPS) is 17.7. The van der Waals surface area contributed by atoms with Crippen molar-refractivity contribution in [1.82, 2.24) is 4.90 Å². The Kier molecular flexibility index (Phi) is 7.75. The molecule has 39 heavy (non-hydrogen) atoms. The van der Waals surface area contributed by atoms with Gasteiger partial charge in [-0.25, -0.2) is 4.39 Å². The first-order valence-corrected chi connectivity index (χ1v) is 13.6. The molecule has 3 aliphatic rings. The summed E-state index contributed by atoms with van der Waals surface area (Å²) < 4.78 is 25.2. The molecule has 0 saturated heterocycles. The molecular formula is C30H30ClFN2O5. The van der Waals surface area contributed by atoms with Crippen LogP contribution in [0.2, 0.25) is 5.02 Å². The van der Waals surface area contributed by atoms with E-state index in [1.807, 2.05) is 6.92 Å². The predicted molar refractivity (Wildman–Crippen MR) is 145 cm³/mol. The summed E-state index contributed by atoms with van der Waals surface area (Å²) >= 11 is 6.67. The van der Waals surface area contributed by atoms with Crippen LogP contribution < -0.4 is 14.8 Å². The number of ketones is 2. The summed E-state index contributed by atoms with van der Waals surface area (Å²) in [6.45, 7) is 2.30. The number of methoxy groups -OCH3 is 1. The van der Waals surface area contributed by atoms with Gasteiger partial charge in [-0.1, -0.05) is 23.7 Å². The van der Waals surface area contributed by atoms with E-state index in [-0.39, 0.29) is 33.8 Å². The number of Topliss-reactive ketones (excluding diaryl/α,β-unsaturated/α-hetero) is 2. The van der Waals surface area contributed by atoms with Gasteiger partial charge in [0.15, 0.2) is 29.7 Å². The minimum absolute atomic E-state index is 0.0420. The Morgan fingerprint density at radius 2 is 1.69 bits per heavy atom. The number of halogens is 2. The Morgan fingerprint density at radius 1 is 1.05 bits per heavy atom. The summed E-state index contributed by atoms with van der Waals surface area (Å²) in [5.74, 6) is -1.16. The summed E-state index contributed by atoms with van der Waals surface area (Å²) in [4.78, 5) is 41.3. The van der Waals surface area contributed by atoms with Crippen molar-refractivity contribution < 1.29 is 28.2 Å². The zero-order valence-corrected chi connectivity index (χ0v) is 22.7. The van der Waals surface area contributed by atoms with Crippen LogP contribution in [0.3, 0.4) is 0 Å². The number of carbonyl (C=O) groups excluding carboxylic acids is 3. The van der Waals surface area contributed by atoms with Crippen LogP contribution in [-0.4, -0.2) is 42.6 Å². The average Bonchev–Trinajstić information content (AvgIpc) is 2.92. The Labute approximate surface area is 231 Å². The van der Waals surface area contributed by atoms with Crippen molar-refractivity contribution in [2.75, 3.05) is 25.6 Å². The smallest absolute Gasteiger partial charge is 0.262 e. The molecule has 0 spiro atoms. The lowest BCUT2D eigenvalue weighted by Crippen LogP contribution is -2.39. The first-order valence-electron chi connectivity index (χ1n) is 13.2. The fraction of sp³-hybridized carbons (Fsp3) is 0.367. The molecule has 0 radical (unpaired) electrons. The minimum atomic E-state index is -0.570. The van der Waals surface area contributed by atoms with Gasteiger partial charge in [0.1, 0.15) is 5.82 Å². The van der Waals surface area contributed by atoms with Crippen molar-refractivity contribution in [3.8, 4) is 11.5 Å². The van der Waals surface area contributed by atoms with E-state index in [0.717, 1.165) is 37.1 Å². The van der Waals surface area contributed by atoms with Crippen LogP contribution in [0.25, 0.3) is 0 Å². The first-order chi connectivity index (χ1) is 18.8. The second-order valence-corrected chi connectivity index (χ2v) is 10.2. The predicted octanol–water partition coefficient (Wildman–Crippen LogP) is 5.94. The number of benzene rings is 2. The third-order valence-corrected chi connectivity index (χ3v) is 7.76. The van der Waals surface area contributed by atoms with Gasteiger partial charge in [0.2, 0.25) is 0 Å². The molecule has 0 fully saturated rings. The fourth-order valence-corrected chi connectivity index (χ4v) is 6.14. The van der Waals surface area contributed by atoms with E-state index in [1.54, 1.807) is 18.2 Å². The monoisotopic (exact) mass is 552 g/mol. The maximum Gasteiger partial charge on any atom is 0.262 e. The molecule has 2 aromatic carbocycles. The van der Waals surface area contributed by atoms with Gasteiger partial charge < -0.3 is 19.7 Å². The highest BCUT2D eigenvalue weighted by Gasteiger charge is 2.43. The van der Waals surface area contributed by atoms with Crippen molar-refractivity contribution in [1.29, 1.82) is 0 Å². The Balaban J connectivity index is 1.50. The van der Waals surface area contributed by atoms with E-state index in [0.29, 0.717) is 36.1 Å². The van der Waals surface area contributed by atoms with Crippen molar-refractivity contribution in [3.05, 3.63) is 75.3 Å². The largest absolute Gasteiger partial charge is 0.493 e. The number of amides is 1. The van der Waals surface area contributed by atoms with Crippen LogP contribution in [0.15, 0.2) is 58.9 Å². The van der Waals surface area contributed by atoms with E-state index in [9.17, 15) is 18.8 Å². The lowest BCUT2D eigenvalue weighted by atomic mass is 9.71. The van der Waals surface area contributed by atoms with Gasteiger partial charge in [0.05, 0.1) is 17.8 Å². The molecule has 0 saturated carbocycles. The molecule has 0 aromatic heterocycles. The number of ether oxygens (including phenoxy) is 2. The molecule has 2 aliphatic carbocycles. The van der Waals surface area contributed by atoms with E-state index in [4.69, 9.17) is 21.1 Å². The molecule has 0 atom stereocenters. The van der Waals surface area contributed by atoms with Gasteiger partial charge in [-0.2, -0.15) is 0 Å². The number of hydrogen-bond acceptors (Lipinski definition) is 6. The minimum Gasteiger partial charge on any atom is -0.493 e. The SMILES string of the molecule is CCN1C2=C(C(=O)CCC2)C(c2cc(Cl)c(OCC(=O)Nc3ccccc3F)c(OC)c2)C2=C1CCCC2=O. The van der Waals surface area contributed by atoms with Gasteiger partial charge in [-0.05, 0) is 62.4 Å². The highest BCUT2D eigenvalue weighted by atomic mass is 35.5. The summed E-state index contributed by atoms with van der Waals surface area (Å²) in [6.07, 6.45) is 3.99. The van der Waals surface area contributed by atoms with Crippen molar-refractivity contribution in [2.45, 2.75) is 51.4 Å². The number of nitrogens with one attached hydrogen (secondary N) is 1. The Bertz CT molecular complexity index is 1370.